The van der Waals surface area contributed by atoms with Crippen molar-refractivity contribution in [1.82, 2.24) is 9.99 Å². The fraction of sp³-hybridized carbons (Fsp3) is 0.158. The number of amides is 2. The van der Waals surface area contributed by atoms with Crippen LogP contribution in [-0.2, 0) is 7.05 Å². The Bertz CT molecular complexity index is 944. The topological polar surface area (TPSA) is 67.7 Å². The molecule has 2 N–H and O–H groups in total. The Balaban J connectivity index is 1.73. The highest BCUT2D eigenvalue weighted by atomic mass is 16.5. The van der Waals surface area contributed by atoms with Crippen molar-refractivity contribution in [3.8, 4) is 5.75 Å². The van der Waals surface area contributed by atoms with E-state index >= 15 is 0 Å². The first-order valence-corrected chi connectivity index (χ1v) is 7.89. The molecule has 0 saturated carbocycles. The molecule has 0 radical (unpaired) electrons. The predicted molar refractivity (Wildman–Crippen MR) is 100 cm³/mol. The number of urea groups is 1. The van der Waals surface area contributed by atoms with E-state index in [2.05, 4.69) is 26.5 Å². The zero-order valence-electron chi connectivity index (χ0n) is 14.4. The van der Waals surface area contributed by atoms with Crippen LogP contribution in [0.4, 0.5) is 10.5 Å². The molecule has 0 aliphatic rings. The van der Waals surface area contributed by atoms with Crippen molar-refractivity contribution in [2.75, 3.05) is 12.4 Å². The molecule has 0 fully saturated rings. The molecule has 2 amide bonds. The molecule has 0 bridgehead atoms. The largest absolute Gasteiger partial charge is 0.495 e. The Morgan fingerprint density at radius 2 is 1.88 bits per heavy atom. The van der Waals surface area contributed by atoms with Crippen molar-refractivity contribution in [1.29, 1.82) is 0 Å². The van der Waals surface area contributed by atoms with E-state index in [1.54, 1.807) is 25.5 Å². The Hall–Kier alpha value is -3.28. The summed E-state index contributed by atoms with van der Waals surface area (Å²) in [5, 5.41) is 7.88. The van der Waals surface area contributed by atoms with E-state index in [0.29, 0.717) is 11.4 Å². The molecule has 1 heterocycles. The number of nitrogens with zero attached hydrogens (tertiary/aromatic N) is 2. The number of para-hydroxylation sites is 3. The lowest BCUT2D eigenvalue weighted by atomic mass is 10.1. The van der Waals surface area contributed by atoms with Crippen LogP contribution < -0.4 is 15.5 Å². The third kappa shape index (κ3) is 3.33. The second-order valence-corrected chi connectivity index (χ2v) is 5.60. The first-order valence-electron chi connectivity index (χ1n) is 7.89. The third-order valence-corrected chi connectivity index (χ3v) is 4.16. The zero-order chi connectivity index (χ0) is 17.8. The summed E-state index contributed by atoms with van der Waals surface area (Å²) >= 11 is 0. The highest BCUT2D eigenvalue weighted by Gasteiger charge is 2.10. The molecule has 128 valence electrons. The van der Waals surface area contributed by atoms with Crippen LogP contribution in [0.2, 0.25) is 0 Å². The van der Waals surface area contributed by atoms with Gasteiger partial charge in [-0.15, -0.1) is 0 Å². The van der Waals surface area contributed by atoms with Gasteiger partial charge in [-0.25, -0.2) is 10.2 Å². The molecular weight excluding hydrogens is 316 g/mol. The van der Waals surface area contributed by atoms with Crippen molar-refractivity contribution >= 4 is 28.8 Å². The summed E-state index contributed by atoms with van der Waals surface area (Å²) < 4.78 is 7.31. The maximum absolute atomic E-state index is 12.0. The van der Waals surface area contributed by atoms with Crippen molar-refractivity contribution in [3.63, 3.8) is 0 Å². The molecule has 1 aromatic heterocycles. The second kappa shape index (κ2) is 7.09. The molecule has 6 heteroatoms. The SMILES string of the molecule is COc1ccccc1NC(=O)N/N=C\c1c(C)n(C)c2ccccc12. The van der Waals surface area contributed by atoms with E-state index in [0.717, 1.165) is 22.2 Å². The number of methoxy groups -OCH3 is 1. The number of benzene rings is 2. The molecule has 3 rings (SSSR count). The molecule has 6 nitrogen and oxygen atoms in total. The standard InChI is InChI=1S/C19H20N4O2/c1-13-15(14-8-4-6-10-17(14)23(13)2)12-20-22-19(24)21-16-9-5-7-11-18(16)25-3/h4-12H,1-3H3,(H2,21,22,24)/b20-12-. The number of carbonyl (C=O) groups is 1. The first-order chi connectivity index (χ1) is 12.1. The average molecular weight is 336 g/mol. The van der Waals surface area contributed by atoms with Gasteiger partial charge in [-0.2, -0.15) is 5.10 Å². The smallest absolute Gasteiger partial charge is 0.339 e. The van der Waals surface area contributed by atoms with Crippen molar-refractivity contribution in [2.24, 2.45) is 12.1 Å². The first kappa shape index (κ1) is 16.6. The number of nitrogens with one attached hydrogen (secondary N) is 2. The van der Waals surface area contributed by atoms with E-state index in [1.807, 2.05) is 44.3 Å². The highest BCUT2D eigenvalue weighted by Crippen LogP contribution is 2.23. The van der Waals surface area contributed by atoms with Crippen LogP contribution >= 0.6 is 0 Å². The lowest BCUT2D eigenvalue weighted by Crippen LogP contribution is -2.24. The summed E-state index contributed by atoms with van der Waals surface area (Å²) in [6, 6.07) is 14.8. The Kier molecular flexibility index (Phi) is 4.70. The van der Waals surface area contributed by atoms with Crippen molar-refractivity contribution < 1.29 is 9.53 Å². The molecular formula is C19H20N4O2. The highest BCUT2D eigenvalue weighted by molar-refractivity contribution is 6.01. The predicted octanol–water partition coefficient (Wildman–Crippen LogP) is 3.65. The quantitative estimate of drug-likeness (QED) is 0.564. The van der Waals surface area contributed by atoms with Gasteiger partial charge in [0.1, 0.15) is 5.75 Å². The summed E-state index contributed by atoms with van der Waals surface area (Å²) in [7, 11) is 3.57. The van der Waals surface area contributed by atoms with Gasteiger partial charge in [-0.1, -0.05) is 30.3 Å². The number of carbonyl (C=O) groups excluding carboxylic acids is 1. The molecule has 2 aromatic carbocycles. The summed E-state index contributed by atoms with van der Waals surface area (Å²) in [6.07, 6.45) is 1.67. The van der Waals surface area contributed by atoms with E-state index < -0.39 is 6.03 Å². The summed E-state index contributed by atoms with van der Waals surface area (Å²) in [5.41, 5.74) is 6.26. The minimum atomic E-state index is -0.432. The molecule has 0 atom stereocenters. The molecule has 3 aromatic rings. The van der Waals surface area contributed by atoms with Gasteiger partial charge >= 0.3 is 6.03 Å². The number of hydrazone groups is 1. The normalized spacial score (nSPS) is 11.0. The molecule has 0 saturated heterocycles. The third-order valence-electron chi connectivity index (χ3n) is 4.16. The lowest BCUT2D eigenvalue weighted by Gasteiger charge is -2.08. The van der Waals surface area contributed by atoms with Crippen LogP contribution in [0.5, 0.6) is 5.75 Å². The fourth-order valence-electron chi connectivity index (χ4n) is 2.77. The maximum Gasteiger partial charge on any atom is 0.339 e. The van der Waals surface area contributed by atoms with Crippen LogP contribution in [0.1, 0.15) is 11.3 Å². The minimum Gasteiger partial charge on any atom is -0.495 e. The number of hydrogen-bond donors (Lipinski definition) is 2. The number of ether oxygens (including phenoxy) is 1. The monoisotopic (exact) mass is 336 g/mol. The number of fused-ring (bicyclic) bond motifs is 1. The van der Waals surface area contributed by atoms with E-state index in [1.165, 1.54) is 0 Å². The van der Waals surface area contributed by atoms with Gasteiger partial charge in [-0.3, -0.25) is 0 Å². The number of anilines is 1. The Morgan fingerprint density at radius 1 is 1.16 bits per heavy atom. The van der Waals surface area contributed by atoms with Gasteiger partial charge < -0.3 is 14.6 Å². The van der Waals surface area contributed by atoms with Crippen LogP contribution in [0, 0.1) is 6.92 Å². The van der Waals surface area contributed by atoms with Gasteiger partial charge in [0, 0.05) is 29.2 Å². The van der Waals surface area contributed by atoms with E-state index in [4.69, 9.17) is 4.74 Å². The van der Waals surface area contributed by atoms with Crippen LogP contribution in [0.15, 0.2) is 53.6 Å². The van der Waals surface area contributed by atoms with E-state index in [-0.39, 0.29) is 0 Å². The minimum absolute atomic E-state index is 0.432. The van der Waals surface area contributed by atoms with Gasteiger partial charge in [-0.05, 0) is 25.1 Å². The Morgan fingerprint density at radius 3 is 2.68 bits per heavy atom. The number of rotatable bonds is 4. The van der Waals surface area contributed by atoms with Crippen LogP contribution in [0.3, 0.4) is 0 Å². The molecule has 0 spiro atoms. The van der Waals surface area contributed by atoms with Gasteiger partial charge in [0.2, 0.25) is 0 Å². The Labute approximate surface area is 146 Å². The summed E-state index contributed by atoms with van der Waals surface area (Å²) in [5.74, 6) is 0.589. The summed E-state index contributed by atoms with van der Waals surface area (Å²) in [6.45, 7) is 2.02. The molecule has 0 aliphatic heterocycles. The van der Waals surface area contributed by atoms with Gasteiger partial charge in [0.15, 0.2) is 0 Å². The van der Waals surface area contributed by atoms with E-state index in [9.17, 15) is 4.79 Å². The second-order valence-electron chi connectivity index (χ2n) is 5.60. The van der Waals surface area contributed by atoms with Gasteiger partial charge in [0.05, 0.1) is 19.0 Å². The van der Waals surface area contributed by atoms with Crippen LogP contribution in [0.25, 0.3) is 10.9 Å². The summed E-state index contributed by atoms with van der Waals surface area (Å²) in [4.78, 5) is 12.0. The molecule has 0 unspecified atom stereocenters. The van der Waals surface area contributed by atoms with Crippen molar-refractivity contribution in [2.45, 2.75) is 6.92 Å². The lowest BCUT2D eigenvalue weighted by molar-refractivity contribution is 0.252. The van der Waals surface area contributed by atoms with Crippen LogP contribution in [-0.4, -0.2) is 23.9 Å². The number of aromatic nitrogens is 1. The zero-order valence-corrected chi connectivity index (χ0v) is 14.4. The van der Waals surface area contributed by atoms with Gasteiger partial charge in [0.25, 0.3) is 0 Å². The maximum atomic E-state index is 12.0. The number of aryl methyl sites for hydroxylation is 1. The fourth-order valence-corrected chi connectivity index (χ4v) is 2.77. The molecule has 25 heavy (non-hydrogen) atoms. The molecule has 0 aliphatic carbocycles. The average Bonchev–Trinajstić information content (AvgIpc) is 2.87. The number of hydrogen-bond acceptors (Lipinski definition) is 3. The van der Waals surface area contributed by atoms with Crippen molar-refractivity contribution in [3.05, 3.63) is 59.8 Å².